The highest BCUT2D eigenvalue weighted by molar-refractivity contribution is 5.94. The van der Waals surface area contributed by atoms with E-state index in [4.69, 9.17) is 4.74 Å². The second-order valence-corrected chi connectivity index (χ2v) is 4.14. The summed E-state index contributed by atoms with van der Waals surface area (Å²) in [5, 5.41) is 40.2. The number of aliphatic hydroxyl groups is 4. The van der Waals surface area contributed by atoms with E-state index in [2.05, 4.69) is 10.3 Å². The average molecular weight is 270 g/mol. The minimum Gasteiger partial charge on any atom is -0.387 e. The van der Waals surface area contributed by atoms with Gasteiger partial charge in [-0.05, 0) is 12.1 Å². The number of rotatable bonds is 2. The highest BCUT2D eigenvalue weighted by Gasteiger charge is 2.46. The van der Waals surface area contributed by atoms with Gasteiger partial charge in [0.15, 0.2) is 12.4 Å². The van der Waals surface area contributed by atoms with Gasteiger partial charge in [-0.3, -0.25) is 9.78 Å². The number of aliphatic hydroxyl groups excluding tert-OH is 4. The summed E-state index contributed by atoms with van der Waals surface area (Å²) < 4.78 is 4.78. The molecule has 0 spiro atoms. The summed E-state index contributed by atoms with van der Waals surface area (Å²) in [5.74, 6) is -0.747. The number of pyridine rings is 1. The molecular weight excluding hydrogens is 256 g/mol. The normalized spacial score (nSPS) is 34.8. The zero-order valence-electron chi connectivity index (χ0n) is 9.75. The summed E-state index contributed by atoms with van der Waals surface area (Å²) in [6.45, 7) is 0. The maximum Gasteiger partial charge on any atom is 0.256 e. The van der Waals surface area contributed by atoms with Gasteiger partial charge in [0.1, 0.15) is 18.3 Å². The Bertz CT molecular complexity index is 442. The van der Waals surface area contributed by atoms with Crippen LogP contribution in [-0.2, 0) is 9.53 Å². The van der Waals surface area contributed by atoms with Crippen LogP contribution >= 0.6 is 0 Å². The number of hydrogen-bond donors (Lipinski definition) is 5. The number of nitrogens with zero attached hydrogens (tertiary/aromatic N) is 1. The van der Waals surface area contributed by atoms with E-state index in [1.54, 1.807) is 0 Å². The number of ether oxygens (including phenoxy) is 1. The fourth-order valence-corrected chi connectivity index (χ4v) is 1.73. The van der Waals surface area contributed by atoms with Crippen molar-refractivity contribution in [1.82, 2.24) is 4.98 Å². The van der Waals surface area contributed by atoms with Crippen LogP contribution in [0.3, 0.4) is 0 Å². The molecule has 0 radical (unpaired) electrons. The van der Waals surface area contributed by atoms with Gasteiger partial charge in [-0.25, -0.2) is 0 Å². The predicted molar refractivity (Wildman–Crippen MR) is 61.8 cm³/mol. The van der Waals surface area contributed by atoms with Gasteiger partial charge < -0.3 is 30.5 Å². The molecule has 19 heavy (non-hydrogen) atoms. The summed E-state index contributed by atoms with van der Waals surface area (Å²) in [4.78, 5) is 15.6. The van der Waals surface area contributed by atoms with Crippen molar-refractivity contribution in [1.29, 1.82) is 0 Å². The number of hydrogen-bond acceptors (Lipinski definition) is 7. The fraction of sp³-hybridized carbons (Fsp3) is 0.455. The first kappa shape index (κ1) is 13.8. The lowest BCUT2D eigenvalue weighted by Gasteiger charge is -2.37. The van der Waals surface area contributed by atoms with Crippen LogP contribution in [-0.4, -0.2) is 62.0 Å². The molecule has 1 amide bonds. The molecule has 1 fully saturated rings. The van der Waals surface area contributed by atoms with E-state index >= 15 is 0 Å². The first-order chi connectivity index (χ1) is 9.00. The van der Waals surface area contributed by atoms with Crippen molar-refractivity contribution in [2.45, 2.75) is 30.7 Å². The highest BCUT2D eigenvalue weighted by atomic mass is 16.6. The van der Waals surface area contributed by atoms with Crippen LogP contribution in [0, 0.1) is 0 Å². The molecule has 5 N–H and O–H groups in total. The Balaban J connectivity index is 2.06. The summed E-state index contributed by atoms with van der Waals surface area (Å²) >= 11 is 0. The minimum absolute atomic E-state index is 0.422. The van der Waals surface area contributed by atoms with Crippen LogP contribution in [0.1, 0.15) is 0 Å². The van der Waals surface area contributed by atoms with E-state index in [9.17, 15) is 25.2 Å². The minimum atomic E-state index is -1.74. The number of carbonyl (C=O) groups is 1. The largest absolute Gasteiger partial charge is 0.387 e. The Morgan fingerprint density at radius 2 is 1.74 bits per heavy atom. The lowest BCUT2D eigenvalue weighted by molar-refractivity contribution is -0.274. The van der Waals surface area contributed by atoms with Crippen molar-refractivity contribution in [3.63, 3.8) is 0 Å². The maximum absolute atomic E-state index is 11.9. The first-order valence-corrected chi connectivity index (χ1v) is 5.59. The first-order valence-electron chi connectivity index (χ1n) is 5.59. The molecule has 1 aromatic heterocycles. The molecule has 8 heteroatoms. The molecule has 2 heterocycles. The van der Waals surface area contributed by atoms with Gasteiger partial charge in [-0.15, -0.1) is 0 Å². The molecular formula is C11H14N2O6. The number of anilines is 1. The van der Waals surface area contributed by atoms with Crippen molar-refractivity contribution in [2.75, 3.05) is 5.32 Å². The summed E-state index contributed by atoms with van der Waals surface area (Å²) in [6, 6.07) is 3.05. The van der Waals surface area contributed by atoms with Gasteiger partial charge >= 0.3 is 0 Å². The Morgan fingerprint density at radius 3 is 2.37 bits per heavy atom. The third-order valence-electron chi connectivity index (χ3n) is 2.79. The number of aromatic nitrogens is 1. The summed E-state index contributed by atoms with van der Waals surface area (Å²) in [6.07, 6.45) is -5.28. The molecule has 2 rings (SSSR count). The van der Waals surface area contributed by atoms with E-state index in [0.29, 0.717) is 5.69 Å². The fourth-order valence-electron chi connectivity index (χ4n) is 1.73. The van der Waals surface area contributed by atoms with Gasteiger partial charge in [0, 0.05) is 18.1 Å². The lowest BCUT2D eigenvalue weighted by atomic mass is 9.98. The smallest absolute Gasteiger partial charge is 0.256 e. The van der Waals surface area contributed by atoms with E-state index in [1.807, 2.05) is 0 Å². The standard InChI is InChI=1S/C11H14N2O6/c14-6-7(15)9(19-11(18)8(6)16)10(17)13-5-1-3-12-4-2-5/h1-4,6-9,11,14-16,18H,(H,12,13,17)/t6-,7-,8+,9-,11+/m0/s1. The second-order valence-electron chi connectivity index (χ2n) is 4.14. The van der Waals surface area contributed by atoms with Gasteiger partial charge in [-0.1, -0.05) is 0 Å². The third-order valence-corrected chi connectivity index (χ3v) is 2.79. The van der Waals surface area contributed by atoms with Crippen LogP contribution in [0.2, 0.25) is 0 Å². The molecule has 0 unspecified atom stereocenters. The van der Waals surface area contributed by atoms with E-state index < -0.39 is 36.6 Å². The Kier molecular flexibility index (Phi) is 4.08. The molecule has 1 aliphatic rings. The lowest BCUT2D eigenvalue weighted by Crippen LogP contribution is -2.60. The number of nitrogens with one attached hydrogen (secondary N) is 1. The van der Waals surface area contributed by atoms with Crippen molar-refractivity contribution < 1.29 is 30.0 Å². The molecule has 8 nitrogen and oxygen atoms in total. The van der Waals surface area contributed by atoms with Crippen LogP contribution < -0.4 is 5.32 Å². The predicted octanol–water partition coefficient (Wildman–Crippen LogP) is -2.18. The van der Waals surface area contributed by atoms with Gasteiger partial charge in [-0.2, -0.15) is 0 Å². The maximum atomic E-state index is 11.9. The number of amides is 1. The summed E-state index contributed by atoms with van der Waals surface area (Å²) in [5.41, 5.74) is 0.422. The van der Waals surface area contributed by atoms with Gasteiger partial charge in [0.05, 0.1) is 0 Å². The van der Waals surface area contributed by atoms with Crippen LogP contribution in [0.5, 0.6) is 0 Å². The topological polar surface area (TPSA) is 132 Å². The van der Waals surface area contributed by atoms with Crippen molar-refractivity contribution >= 4 is 11.6 Å². The third kappa shape index (κ3) is 2.88. The van der Waals surface area contributed by atoms with Crippen LogP contribution in [0.15, 0.2) is 24.5 Å². The molecule has 5 atom stereocenters. The molecule has 104 valence electrons. The van der Waals surface area contributed by atoms with Crippen LogP contribution in [0.4, 0.5) is 5.69 Å². The van der Waals surface area contributed by atoms with E-state index in [1.165, 1.54) is 24.5 Å². The highest BCUT2D eigenvalue weighted by Crippen LogP contribution is 2.21. The van der Waals surface area contributed by atoms with Crippen molar-refractivity contribution in [2.24, 2.45) is 0 Å². The Labute approximate surface area is 108 Å². The Morgan fingerprint density at radius 1 is 1.11 bits per heavy atom. The average Bonchev–Trinajstić information content (AvgIpc) is 2.41. The zero-order chi connectivity index (χ0) is 14.0. The van der Waals surface area contributed by atoms with Crippen molar-refractivity contribution in [3.05, 3.63) is 24.5 Å². The van der Waals surface area contributed by atoms with Crippen LogP contribution in [0.25, 0.3) is 0 Å². The molecule has 1 aromatic rings. The molecule has 1 aliphatic heterocycles. The quantitative estimate of drug-likeness (QED) is 0.412. The number of carbonyl (C=O) groups excluding carboxylic acids is 1. The molecule has 0 saturated carbocycles. The van der Waals surface area contributed by atoms with Crippen molar-refractivity contribution in [3.8, 4) is 0 Å². The monoisotopic (exact) mass is 270 g/mol. The molecule has 0 aromatic carbocycles. The SMILES string of the molecule is O=C(Nc1ccncc1)[C@H]1O[C@@H](O)[C@H](O)[C@@H](O)[C@@H]1O. The summed E-state index contributed by atoms with van der Waals surface area (Å²) in [7, 11) is 0. The van der Waals surface area contributed by atoms with Gasteiger partial charge in [0.25, 0.3) is 5.91 Å². The van der Waals surface area contributed by atoms with Gasteiger partial charge in [0.2, 0.25) is 0 Å². The van der Waals surface area contributed by atoms with E-state index in [-0.39, 0.29) is 0 Å². The molecule has 0 bridgehead atoms. The Hall–Kier alpha value is -1.58. The van der Waals surface area contributed by atoms with E-state index in [0.717, 1.165) is 0 Å². The molecule has 1 saturated heterocycles. The molecule has 0 aliphatic carbocycles. The zero-order valence-corrected chi connectivity index (χ0v) is 9.75. The second kappa shape index (κ2) is 5.59.